The average molecular weight is 348 g/mol. The average Bonchev–Trinajstić information content (AvgIpc) is 3.31. The molecule has 3 atom stereocenters. The van der Waals surface area contributed by atoms with Gasteiger partial charge in [-0.25, -0.2) is 4.98 Å². The summed E-state index contributed by atoms with van der Waals surface area (Å²) >= 11 is 1.67. The Hall–Kier alpha value is -1.21. The third-order valence-corrected chi connectivity index (χ3v) is 5.76. The molecule has 6 heteroatoms. The minimum Gasteiger partial charge on any atom is -0.472 e. The maximum absolute atomic E-state index is 6.30. The summed E-state index contributed by atoms with van der Waals surface area (Å²) in [5.74, 6) is 0. The lowest BCUT2D eigenvalue weighted by Crippen LogP contribution is -2.43. The topological polar surface area (TPSA) is 47.7 Å². The number of fused-ring (bicyclic) bond motifs is 1. The number of furan rings is 1. The van der Waals surface area contributed by atoms with E-state index < -0.39 is 0 Å². The van der Waals surface area contributed by atoms with Gasteiger partial charge >= 0.3 is 0 Å². The summed E-state index contributed by atoms with van der Waals surface area (Å²) in [6, 6.07) is 2.59. The summed E-state index contributed by atoms with van der Waals surface area (Å²) in [5, 5.41) is 3.16. The van der Waals surface area contributed by atoms with Crippen LogP contribution in [0.1, 0.15) is 35.5 Å². The molecule has 0 aromatic carbocycles. The largest absolute Gasteiger partial charge is 0.472 e. The lowest BCUT2D eigenvalue weighted by molar-refractivity contribution is -0.102. The lowest BCUT2D eigenvalue weighted by atomic mass is 9.99. The van der Waals surface area contributed by atoms with Gasteiger partial charge in [0.05, 0.1) is 48.6 Å². The van der Waals surface area contributed by atoms with Crippen LogP contribution in [0.25, 0.3) is 0 Å². The fourth-order valence-corrected chi connectivity index (χ4v) is 4.39. The molecule has 24 heavy (non-hydrogen) atoms. The summed E-state index contributed by atoms with van der Waals surface area (Å²) in [5.41, 5.74) is 2.28. The molecular weight excluding hydrogens is 324 g/mol. The number of rotatable bonds is 6. The number of likely N-dealkylation sites (tertiary alicyclic amines) is 1. The Morgan fingerprint density at radius 2 is 2.33 bits per heavy atom. The molecule has 0 saturated carbocycles. The van der Waals surface area contributed by atoms with Gasteiger partial charge < -0.3 is 13.9 Å². The van der Waals surface area contributed by atoms with Gasteiger partial charge in [-0.05, 0) is 32.3 Å². The molecular formula is C18H24N2O3S. The monoisotopic (exact) mass is 348 g/mol. The van der Waals surface area contributed by atoms with Crippen molar-refractivity contribution in [1.82, 2.24) is 9.88 Å². The zero-order valence-electron chi connectivity index (χ0n) is 14.0. The first-order chi connectivity index (χ1) is 11.8. The van der Waals surface area contributed by atoms with E-state index in [4.69, 9.17) is 13.9 Å². The molecule has 2 aliphatic heterocycles. The minimum absolute atomic E-state index is 0.222. The van der Waals surface area contributed by atoms with E-state index in [1.165, 1.54) is 12.0 Å². The van der Waals surface area contributed by atoms with Crippen molar-refractivity contribution in [2.24, 2.45) is 0 Å². The van der Waals surface area contributed by atoms with Crippen molar-refractivity contribution >= 4 is 11.3 Å². The smallest absolute Gasteiger partial charge is 0.0947 e. The molecule has 0 aliphatic carbocycles. The Bertz CT molecular complexity index is 642. The van der Waals surface area contributed by atoms with Crippen molar-refractivity contribution in [1.29, 1.82) is 0 Å². The first-order valence-electron chi connectivity index (χ1n) is 8.67. The zero-order chi connectivity index (χ0) is 16.4. The fourth-order valence-electron chi connectivity index (χ4n) is 3.79. The van der Waals surface area contributed by atoms with Crippen LogP contribution in [0.15, 0.2) is 28.4 Å². The predicted octanol–water partition coefficient (Wildman–Crippen LogP) is 3.38. The minimum atomic E-state index is 0.222. The van der Waals surface area contributed by atoms with E-state index in [1.807, 2.05) is 19.3 Å². The molecule has 2 aromatic heterocycles. The molecule has 0 bridgehead atoms. The van der Waals surface area contributed by atoms with Gasteiger partial charge in [0.15, 0.2) is 0 Å². The van der Waals surface area contributed by atoms with E-state index in [0.29, 0.717) is 25.4 Å². The molecule has 2 saturated heterocycles. The normalized spacial score (nSPS) is 27.5. The van der Waals surface area contributed by atoms with Crippen LogP contribution in [0, 0.1) is 6.92 Å². The molecule has 0 unspecified atom stereocenters. The van der Waals surface area contributed by atoms with Gasteiger partial charge in [0, 0.05) is 30.1 Å². The first kappa shape index (κ1) is 16.3. The molecule has 5 nitrogen and oxygen atoms in total. The molecule has 2 aliphatic rings. The van der Waals surface area contributed by atoms with Crippen molar-refractivity contribution in [2.75, 3.05) is 13.2 Å². The molecule has 0 radical (unpaired) electrons. The summed E-state index contributed by atoms with van der Waals surface area (Å²) in [7, 11) is 0. The second-order valence-electron chi connectivity index (χ2n) is 6.70. The maximum Gasteiger partial charge on any atom is 0.0947 e. The van der Waals surface area contributed by atoms with E-state index in [0.717, 1.165) is 36.6 Å². The van der Waals surface area contributed by atoms with Crippen LogP contribution in [-0.2, 0) is 22.6 Å². The Morgan fingerprint density at radius 3 is 3.12 bits per heavy atom. The van der Waals surface area contributed by atoms with E-state index >= 15 is 0 Å². The second-order valence-corrected chi connectivity index (χ2v) is 7.77. The van der Waals surface area contributed by atoms with Crippen LogP contribution in [-0.4, -0.2) is 41.3 Å². The van der Waals surface area contributed by atoms with Crippen LogP contribution in [0.4, 0.5) is 0 Å². The lowest BCUT2D eigenvalue weighted by Gasteiger charge is -2.35. The summed E-state index contributed by atoms with van der Waals surface area (Å²) in [6.45, 7) is 5.35. The van der Waals surface area contributed by atoms with Gasteiger partial charge in [0.1, 0.15) is 0 Å². The van der Waals surface area contributed by atoms with E-state index in [9.17, 15) is 0 Å². The van der Waals surface area contributed by atoms with Crippen molar-refractivity contribution in [3.8, 4) is 0 Å². The number of aryl methyl sites for hydroxylation is 1. The summed E-state index contributed by atoms with van der Waals surface area (Å²) in [6.07, 6.45) is 7.53. The molecule has 2 aromatic rings. The quantitative estimate of drug-likeness (QED) is 0.801. The zero-order valence-corrected chi connectivity index (χ0v) is 14.8. The van der Waals surface area contributed by atoms with Crippen LogP contribution in [0.2, 0.25) is 0 Å². The molecule has 0 N–H and O–H groups in total. The SMILES string of the molecule is Cc1nc(COC[C@@H]2CC[C@H]3[C@H](CCN3Cc3ccoc3)O2)cs1. The van der Waals surface area contributed by atoms with E-state index in [2.05, 4.69) is 15.3 Å². The second kappa shape index (κ2) is 7.35. The Labute approximate surface area is 146 Å². The molecule has 2 fully saturated rings. The van der Waals surface area contributed by atoms with Gasteiger partial charge in [-0.15, -0.1) is 11.3 Å². The number of nitrogens with zero attached hydrogens (tertiary/aromatic N) is 2. The third-order valence-electron chi connectivity index (χ3n) is 4.94. The highest BCUT2D eigenvalue weighted by molar-refractivity contribution is 7.09. The van der Waals surface area contributed by atoms with Crippen molar-refractivity contribution < 1.29 is 13.9 Å². The van der Waals surface area contributed by atoms with Crippen LogP contribution < -0.4 is 0 Å². The fraction of sp³-hybridized carbons (Fsp3) is 0.611. The molecule has 0 amide bonds. The van der Waals surface area contributed by atoms with Crippen molar-refractivity contribution in [2.45, 2.75) is 57.6 Å². The third kappa shape index (κ3) is 3.72. The van der Waals surface area contributed by atoms with Crippen LogP contribution >= 0.6 is 11.3 Å². The summed E-state index contributed by atoms with van der Waals surface area (Å²) < 4.78 is 17.3. The van der Waals surface area contributed by atoms with Gasteiger partial charge in [0.25, 0.3) is 0 Å². The Morgan fingerprint density at radius 1 is 1.38 bits per heavy atom. The van der Waals surface area contributed by atoms with Gasteiger partial charge in [0.2, 0.25) is 0 Å². The Balaban J connectivity index is 1.23. The van der Waals surface area contributed by atoms with E-state index in [1.54, 1.807) is 17.6 Å². The first-order valence-corrected chi connectivity index (χ1v) is 9.55. The molecule has 4 heterocycles. The van der Waals surface area contributed by atoms with Crippen molar-refractivity contribution in [3.05, 3.63) is 40.2 Å². The molecule has 0 spiro atoms. The van der Waals surface area contributed by atoms with Crippen LogP contribution in [0.3, 0.4) is 0 Å². The standard InChI is InChI=1S/C18H24N2O3S/c1-13-19-15(12-24-13)10-22-11-16-2-3-17-18(23-16)4-6-20(17)8-14-5-7-21-9-14/h5,7,9,12,16-18H,2-4,6,8,10-11H2,1H3/t16-,17-,18-/m0/s1. The number of ether oxygens (including phenoxy) is 2. The highest BCUT2D eigenvalue weighted by Crippen LogP contribution is 2.32. The number of hydrogen-bond acceptors (Lipinski definition) is 6. The highest BCUT2D eigenvalue weighted by atomic mass is 32.1. The highest BCUT2D eigenvalue weighted by Gasteiger charge is 2.39. The maximum atomic E-state index is 6.30. The molecule has 4 rings (SSSR count). The van der Waals surface area contributed by atoms with Crippen molar-refractivity contribution in [3.63, 3.8) is 0 Å². The number of aromatic nitrogens is 1. The van der Waals surface area contributed by atoms with Gasteiger partial charge in [-0.2, -0.15) is 0 Å². The van der Waals surface area contributed by atoms with Crippen LogP contribution in [0.5, 0.6) is 0 Å². The van der Waals surface area contributed by atoms with E-state index in [-0.39, 0.29) is 6.10 Å². The van der Waals surface area contributed by atoms with Gasteiger partial charge in [-0.3, -0.25) is 4.90 Å². The number of hydrogen-bond donors (Lipinski definition) is 0. The predicted molar refractivity (Wildman–Crippen MR) is 91.9 cm³/mol. The Kier molecular flexibility index (Phi) is 4.98. The van der Waals surface area contributed by atoms with Gasteiger partial charge in [-0.1, -0.05) is 0 Å². The molecule has 130 valence electrons. The number of thiazole rings is 1. The summed E-state index contributed by atoms with van der Waals surface area (Å²) in [4.78, 5) is 6.96.